The minimum Gasteiger partial charge on any atom is -0.481 e. The maximum absolute atomic E-state index is 12.9. The van der Waals surface area contributed by atoms with Gasteiger partial charge in [-0.15, -0.1) is 0 Å². The second-order valence-corrected chi connectivity index (χ2v) is 3.64. The monoisotopic (exact) mass is 216 g/mol. The predicted molar refractivity (Wildman–Crippen MR) is 52.1 cm³/mol. The van der Waals surface area contributed by atoms with E-state index < -0.39 is 11.8 Å². The maximum atomic E-state index is 12.9. The highest BCUT2D eigenvalue weighted by Crippen LogP contribution is 2.23. The van der Waals surface area contributed by atoms with Crippen LogP contribution in [0, 0.1) is 5.82 Å². The maximum Gasteiger partial charge on any atom is 0.303 e. The van der Waals surface area contributed by atoms with Crippen molar-refractivity contribution < 1.29 is 14.3 Å². The molecule has 0 aliphatic heterocycles. The van der Waals surface area contributed by atoms with Gasteiger partial charge in [0.05, 0.1) is 6.42 Å². The van der Waals surface area contributed by atoms with Gasteiger partial charge in [-0.3, -0.25) is 4.79 Å². The van der Waals surface area contributed by atoms with Gasteiger partial charge in [0.2, 0.25) is 0 Å². The second kappa shape index (κ2) is 4.42. The Morgan fingerprint density at radius 1 is 1.57 bits per heavy atom. The largest absolute Gasteiger partial charge is 0.481 e. The quantitative estimate of drug-likeness (QED) is 0.843. The van der Waals surface area contributed by atoms with Crippen molar-refractivity contribution in [2.45, 2.75) is 19.3 Å². The van der Waals surface area contributed by atoms with Crippen LogP contribution in [0.3, 0.4) is 0 Å². The zero-order chi connectivity index (χ0) is 10.7. The van der Waals surface area contributed by atoms with Crippen molar-refractivity contribution in [2.75, 3.05) is 0 Å². The predicted octanol–water partition coefficient (Wildman–Crippen LogP) is 3.06. The molecule has 0 aliphatic carbocycles. The lowest BCUT2D eigenvalue weighted by molar-refractivity contribution is -0.137. The van der Waals surface area contributed by atoms with E-state index in [1.54, 1.807) is 13.0 Å². The molecule has 2 nitrogen and oxygen atoms in total. The highest BCUT2D eigenvalue weighted by Gasteiger charge is 2.11. The normalized spacial score (nSPS) is 12.5. The topological polar surface area (TPSA) is 37.3 Å². The molecule has 1 aromatic rings. The summed E-state index contributed by atoms with van der Waals surface area (Å²) < 4.78 is 12.9. The first-order valence-corrected chi connectivity index (χ1v) is 4.54. The zero-order valence-corrected chi connectivity index (χ0v) is 8.38. The Morgan fingerprint density at radius 2 is 2.21 bits per heavy atom. The minimum absolute atomic E-state index is 0.0280. The van der Waals surface area contributed by atoms with Crippen LogP contribution >= 0.6 is 11.6 Å². The number of carboxylic acid groups (broad SMARTS) is 1. The average molecular weight is 217 g/mol. The third-order valence-electron chi connectivity index (χ3n) is 1.93. The van der Waals surface area contributed by atoms with Crippen LogP contribution in [0.25, 0.3) is 0 Å². The molecule has 0 saturated heterocycles. The van der Waals surface area contributed by atoms with E-state index >= 15 is 0 Å². The number of carbonyl (C=O) groups is 1. The number of halogens is 2. The van der Waals surface area contributed by atoms with E-state index in [4.69, 9.17) is 16.7 Å². The summed E-state index contributed by atoms with van der Waals surface area (Å²) in [5.74, 6) is -1.58. The van der Waals surface area contributed by atoms with E-state index in [9.17, 15) is 9.18 Å². The molecule has 1 aromatic carbocycles. The molecular weight excluding hydrogens is 207 g/mol. The molecule has 0 fully saturated rings. The molecule has 0 aromatic heterocycles. The van der Waals surface area contributed by atoms with E-state index in [0.29, 0.717) is 5.56 Å². The van der Waals surface area contributed by atoms with Gasteiger partial charge in [0.1, 0.15) is 5.82 Å². The molecule has 1 rings (SSSR count). The molecule has 0 saturated carbocycles. The molecule has 4 heteroatoms. The van der Waals surface area contributed by atoms with Crippen LogP contribution in [0.2, 0.25) is 5.02 Å². The van der Waals surface area contributed by atoms with Crippen molar-refractivity contribution in [3.05, 3.63) is 34.6 Å². The fraction of sp³-hybridized carbons (Fsp3) is 0.300. The fourth-order valence-corrected chi connectivity index (χ4v) is 1.47. The minimum atomic E-state index is -0.905. The van der Waals surface area contributed by atoms with Gasteiger partial charge in [0, 0.05) is 5.02 Å². The van der Waals surface area contributed by atoms with Crippen molar-refractivity contribution in [1.29, 1.82) is 0 Å². The van der Waals surface area contributed by atoms with Crippen LogP contribution in [-0.4, -0.2) is 11.1 Å². The molecule has 76 valence electrons. The third kappa shape index (κ3) is 3.00. The van der Waals surface area contributed by atoms with E-state index in [-0.39, 0.29) is 17.4 Å². The Bertz CT molecular complexity index is 332. The molecule has 0 radical (unpaired) electrons. The van der Waals surface area contributed by atoms with Gasteiger partial charge in [-0.2, -0.15) is 0 Å². The number of carboxylic acids is 1. The van der Waals surface area contributed by atoms with Gasteiger partial charge in [0.25, 0.3) is 0 Å². The summed E-state index contributed by atoms with van der Waals surface area (Å²) in [6, 6.07) is 4.08. The van der Waals surface area contributed by atoms with Crippen molar-refractivity contribution in [3.8, 4) is 0 Å². The lowest BCUT2D eigenvalue weighted by Gasteiger charge is -2.09. The van der Waals surface area contributed by atoms with Crippen LogP contribution < -0.4 is 0 Å². The van der Waals surface area contributed by atoms with Crippen LogP contribution in [0.15, 0.2) is 18.2 Å². The highest BCUT2D eigenvalue weighted by atomic mass is 35.5. The van der Waals surface area contributed by atoms with Gasteiger partial charge < -0.3 is 5.11 Å². The Hall–Kier alpha value is -1.09. The van der Waals surface area contributed by atoms with Crippen molar-refractivity contribution in [2.24, 2.45) is 0 Å². The standard InChI is InChI=1S/C10H10ClFO2/c1-6(2-10(13)14)7-3-8(11)5-9(12)4-7/h3-6H,2H2,1H3,(H,13,14)/t6-/m1/s1. The van der Waals surface area contributed by atoms with Gasteiger partial charge >= 0.3 is 5.97 Å². The Kier molecular flexibility index (Phi) is 3.47. The summed E-state index contributed by atoms with van der Waals surface area (Å²) in [6.45, 7) is 1.72. The lowest BCUT2D eigenvalue weighted by Crippen LogP contribution is -2.03. The molecule has 0 aliphatic rings. The van der Waals surface area contributed by atoms with Crippen molar-refractivity contribution in [1.82, 2.24) is 0 Å². The summed E-state index contributed by atoms with van der Waals surface area (Å²) in [4.78, 5) is 10.4. The van der Waals surface area contributed by atoms with Gasteiger partial charge in [0.15, 0.2) is 0 Å². The molecule has 0 bridgehead atoms. The highest BCUT2D eigenvalue weighted by molar-refractivity contribution is 6.30. The van der Waals surface area contributed by atoms with Crippen LogP contribution in [0.5, 0.6) is 0 Å². The summed E-state index contributed by atoms with van der Waals surface area (Å²) in [7, 11) is 0. The Morgan fingerprint density at radius 3 is 2.71 bits per heavy atom. The van der Waals surface area contributed by atoms with Crippen LogP contribution in [0.4, 0.5) is 4.39 Å². The molecule has 0 amide bonds. The van der Waals surface area contributed by atoms with E-state index in [1.165, 1.54) is 12.1 Å². The number of benzene rings is 1. The number of aliphatic carboxylic acids is 1. The first-order valence-electron chi connectivity index (χ1n) is 4.17. The molecule has 0 unspecified atom stereocenters. The Balaban J connectivity index is 2.89. The smallest absolute Gasteiger partial charge is 0.303 e. The second-order valence-electron chi connectivity index (χ2n) is 3.20. The third-order valence-corrected chi connectivity index (χ3v) is 2.15. The molecule has 0 heterocycles. The lowest BCUT2D eigenvalue weighted by atomic mass is 9.98. The van der Waals surface area contributed by atoms with Gasteiger partial charge in [-0.25, -0.2) is 4.39 Å². The van der Waals surface area contributed by atoms with E-state index in [0.717, 1.165) is 0 Å². The Labute approximate surface area is 86.3 Å². The van der Waals surface area contributed by atoms with E-state index in [2.05, 4.69) is 0 Å². The van der Waals surface area contributed by atoms with Crippen molar-refractivity contribution >= 4 is 17.6 Å². The molecule has 1 N–H and O–H groups in total. The number of hydrogen-bond donors (Lipinski definition) is 1. The molecular formula is C10H10ClFO2. The van der Waals surface area contributed by atoms with Crippen molar-refractivity contribution in [3.63, 3.8) is 0 Å². The molecule has 14 heavy (non-hydrogen) atoms. The first-order chi connectivity index (χ1) is 6.49. The first kappa shape index (κ1) is 11.0. The summed E-state index contributed by atoms with van der Waals surface area (Å²) in [5.41, 5.74) is 0.609. The van der Waals surface area contributed by atoms with Gasteiger partial charge in [-0.1, -0.05) is 18.5 Å². The van der Waals surface area contributed by atoms with Gasteiger partial charge in [-0.05, 0) is 29.7 Å². The number of rotatable bonds is 3. The SMILES string of the molecule is C[C@H](CC(=O)O)c1cc(F)cc(Cl)c1. The van der Waals surface area contributed by atoms with E-state index in [1.807, 2.05) is 0 Å². The molecule has 0 spiro atoms. The fourth-order valence-electron chi connectivity index (χ4n) is 1.24. The summed E-state index contributed by atoms with van der Waals surface area (Å²) in [5, 5.41) is 8.85. The average Bonchev–Trinajstić information content (AvgIpc) is 2.00. The summed E-state index contributed by atoms with van der Waals surface area (Å²) in [6.07, 6.45) is -0.0280. The van der Waals surface area contributed by atoms with Crippen LogP contribution in [0.1, 0.15) is 24.8 Å². The van der Waals surface area contributed by atoms with Crippen LogP contribution in [-0.2, 0) is 4.79 Å². The molecule has 1 atom stereocenters. The summed E-state index contributed by atoms with van der Waals surface area (Å²) >= 11 is 5.64. The zero-order valence-electron chi connectivity index (χ0n) is 7.63. The number of hydrogen-bond acceptors (Lipinski definition) is 1.